The maximum atomic E-state index is 12.3. The van der Waals surface area contributed by atoms with Crippen LogP contribution < -0.4 is 5.32 Å². The predicted molar refractivity (Wildman–Crippen MR) is 81.0 cm³/mol. The zero-order chi connectivity index (χ0) is 14.7. The molecule has 1 aliphatic heterocycles. The van der Waals surface area contributed by atoms with Crippen molar-refractivity contribution in [3.05, 3.63) is 30.2 Å². The minimum absolute atomic E-state index is 0.192. The highest BCUT2D eigenvalue weighted by molar-refractivity contribution is 5.77. The van der Waals surface area contributed by atoms with Gasteiger partial charge in [-0.05, 0) is 32.0 Å². The molecule has 0 spiro atoms. The van der Waals surface area contributed by atoms with Crippen molar-refractivity contribution in [2.45, 2.75) is 31.7 Å². The molecule has 1 aromatic heterocycles. The molecule has 0 aliphatic carbocycles. The third kappa shape index (κ3) is 3.24. The predicted octanol–water partition coefficient (Wildman–Crippen LogP) is 1.97. The van der Waals surface area contributed by atoms with Gasteiger partial charge in [-0.15, -0.1) is 0 Å². The van der Waals surface area contributed by atoms with Gasteiger partial charge in [0.05, 0.1) is 0 Å². The summed E-state index contributed by atoms with van der Waals surface area (Å²) in [4.78, 5) is 18.6. The molecule has 1 atom stereocenters. The van der Waals surface area contributed by atoms with E-state index < -0.39 is 0 Å². The average Bonchev–Trinajstić information content (AvgIpc) is 2.95. The third-order valence-electron chi connectivity index (χ3n) is 4.07. The molecule has 3 rings (SSSR count). The van der Waals surface area contributed by atoms with Gasteiger partial charge in [0.2, 0.25) is 5.91 Å². The Morgan fingerprint density at radius 1 is 1.48 bits per heavy atom. The van der Waals surface area contributed by atoms with E-state index in [1.165, 1.54) is 0 Å². The summed E-state index contributed by atoms with van der Waals surface area (Å²) < 4.78 is 5.65. The van der Waals surface area contributed by atoms with Crippen LogP contribution in [0.4, 0.5) is 0 Å². The molecule has 0 bridgehead atoms. The van der Waals surface area contributed by atoms with E-state index in [0.717, 1.165) is 37.0 Å². The summed E-state index contributed by atoms with van der Waals surface area (Å²) in [6, 6.07) is 8.11. The summed E-state index contributed by atoms with van der Waals surface area (Å²) in [7, 11) is 1.96. The summed E-state index contributed by atoms with van der Waals surface area (Å²) >= 11 is 0. The molecule has 0 radical (unpaired) electrons. The Labute approximate surface area is 124 Å². The Balaban J connectivity index is 1.57. The maximum Gasteiger partial charge on any atom is 0.223 e. The van der Waals surface area contributed by atoms with Crippen molar-refractivity contribution in [2.75, 3.05) is 20.1 Å². The van der Waals surface area contributed by atoms with E-state index in [0.29, 0.717) is 24.8 Å². The van der Waals surface area contributed by atoms with Gasteiger partial charge in [-0.2, -0.15) is 0 Å². The highest BCUT2D eigenvalue weighted by Crippen LogP contribution is 2.17. The van der Waals surface area contributed by atoms with Gasteiger partial charge in [-0.1, -0.05) is 12.1 Å². The first-order chi connectivity index (χ1) is 10.3. The topological polar surface area (TPSA) is 58.4 Å². The first-order valence-corrected chi connectivity index (χ1v) is 7.56. The van der Waals surface area contributed by atoms with E-state index in [9.17, 15) is 4.79 Å². The van der Waals surface area contributed by atoms with Crippen LogP contribution in [0.25, 0.3) is 11.1 Å². The minimum atomic E-state index is 0.192. The fraction of sp³-hybridized carbons (Fsp3) is 0.500. The maximum absolute atomic E-state index is 12.3. The number of rotatable bonds is 4. The number of likely N-dealkylation sites (tertiary alicyclic amines) is 1. The Morgan fingerprint density at radius 3 is 3.14 bits per heavy atom. The van der Waals surface area contributed by atoms with Gasteiger partial charge in [-0.3, -0.25) is 4.79 Å². The van der Waals surface area contributed by atoms with Gasteiger partial charge in [-0.25, -0.2) is 4.98 Å². The van der Waals surface area contributed by atoms with Crippen LogP contribution in [0.5, 0.6) is 0 Å². The van der Waals surface area contributed by atoms with Crippen molar-refractivity contribution in [1.29, 1.82) is 0 Å². The number of aryl methyl sites for hydroxylation is 1. The standard InChI is InChI=1S/C16H21N3O2/c1-17-12-5-4-10-19(11-12)16(20)9-8-15-18-13-6-2-3-7-14(13)21-15/h2-3,6-7,12,17H,4-5,8-11H2,1H3. The number of oxazole rings is 1. The third-order valence-corrected chi connectivity index (χ3v) is 4.07. The van der Waals surface area contributed by atoms with Gasteiger partial charge in [0.15, 0.2) is 11.5 Å². The minimum Gasteiger partial charge on any atom is -0.441 e. The number of likely N-dealkylation sites (N-methyl/N-ethyl adjacent to an activating group) is 1. The van der Waals surface area contributed by atoms with Crippen LogP contribution in [0.15, 0.2) is 28.7 Å². The number of nitrogens with one attached hydrogen (secondary N) is 1. The lowest BCUT2D eigenvalue weighted by Crippen LogP contribution is -2.47. The second kappa shape index (κ2) is 6.26. The zero-order valence-electron chi connectivity index (χ0n) is 12.3. The molecular weight excluding hydrogens is 266 g/mol. The lowest BCUT2D eigenvalue weighted by molar-refractivity contribution is -0.132. The summed E-state index contributed by atoms with van der Waals surface area (Å²) in [5.41, 5.74) is 1.64. The normalized spacial score (nSPS) is 19.1. The number of para-hydroxylation sites is 2. The number of carbonyl (C=O) groups is 1. The van der Waals surface area contributed by atoms with E-state index in [1.54, 1.807) is 0 Å². The molecule has 112 valence electrons. The summed E-state index contributed by atoms with van der Waals surface area (Å²) in [6.45, 7) is 1.67. The number of benzene rings is 1. The molecule has 5 heteroatoms. The van der Waals surface area contributed by atoms with E-state index in [4.69, 9.17) is 4.42 Å². The number of amides is 1. The Kier molecular flexibility index (Phi) is 4.20. The van der Waals surface area contributed by atoms with Crippen LogP contribution >= 0.6 is 0 Å². The van der Waals surface area contributed by atoms with Gasteiger partial charge < -0.3 is 14.6 Å². The Morgan fingerprint density at radius 2 is 2.33 bits per heavy atom. The number of nitrogens with zero attached hydrogens (tertiary/aromatic N) is 2. The quantitative estimate of drug-likeness (QED) is 0.934. The number of piperidine rings is 1. The van der Waals surface area contributed by atoms with Crippen LogP contribution in [0.2, 0.25) is 0 Å². The van der Waals surface area contributed by atoms with Gasteiger partial charge in [0.1, 0.15) is 5.52 Å². The first kappa shape index (κ1) is 14.1. The summed E-state index contributed by atoms with van der Waals surface area (Å²) in [6.07, 6.45) is 3.24. The van der Waals surface area contributed by atoms with Gasteiger partial charge in [0, 0.05) is 32.0 Å². The fourth-order valence-corrected chi connectivity index (χ4v) is 2.84. The van der Waals surface area contributed by atoms with Crippen molar-refractivity contribution in [2.24, 2.45) is 0 Å². The van der Waals surface area contributed by atoms with Crippen LogP contribution in [0.1, 0.15) is 25.2 Å². The number of hydrogen-bond acceptors (Lipinski definition) is 4. The SMILES string of the molecule is CNC1CCCN(C(=O)CCc2nc3ccccc3o2)C1. The number of fused-ring (bicyclic) bond motifs is 1. The molecular formula is C16H21N3O2. The van der Waals surface area contributed by atoms with Gasteiger partial charge >= 0.3 is 0 Å². The van der Waals surface area contributed by atoms with Crippen LogP contribution in [-0.4, -0.2) is 42.0 Å². The van der Waals surface area contributed by atoms with Crippen LogP contribution in [0, 0.1) is 0 Å². The number of hydrogen-bond donors (Lipinski definition) is 1. The molecule has 5 nitrogen and oxygen atoms in total. The van der Waals surface area contributed by atoms with Crippen molar-refractivity contribution in [3.63, 3.8) is 0 Å². The Hall–Kier alpha value is -1.88. The number of aromatic nitrogens is 1. The van der Waals surface area contributed by atoms with E-state index in [1.807, 2.05) is 36.2 Å². The monoisotopic (exact) mass is 287 g/mol. The second-order valence-corrected chi connectivity index (χ2v) is 5.54. The lowest BCUT2D eigenvalue weighted by Gasteiger charge is -2.32. The molecule has 1 amide bonds. The van der Waals surface area contributed by atoms with Crippen LogP contribution in [-0.2, 0) is 11.2 Å². The first-order valence-electron chi connectivity index (χ1n) is 7.56. The van der Waals surface area contributed by atoms with Crippen LogP contribution in [0.3, 0.4) is 0 Å². The van der Waals surface area contributed by atoms with Crippen molar-refractivity contribution in [1.82, 2.24) is 15.2 Å². The molecule has 21 heavy (non-hydrogen) atoms. The van der Waals surface area contributed by atoms with Crippen molar-refractivity contribution in [3.8, 4) is 0 Å². The Bertz CT molecular complexity index is 590. The molecule has 1 aromatic carbocycles. The van der Waals surface area contributed by atoms with Gasteiger partial charge in [0.25, 0.3) is 0 Å². The molecule has 1 fully saturated rings. The highest BCUT2D eigenvalue weighted by atomic mass is 16.3. The van der Waals surface area contributed by atoms with Crippen molar-refractivity contribution >= 4 is 17.0 Å². The lowest BCUT2D eigenvalue weighted by atomic mass is 10.1. The largest absolute Gasteiger partial charge is 0.441 e. The zero-order valence-corrected chi connectivity index (χ0v) is 12.3. The molecule has 0 saturated carbocycles. The second-order valence-electron chi connectivity index (χ2n) is 5.54. The average molecular weight is 287 g/mol. The number of carbonyl (C=O) groups excluding carboxylic acids is 1. The molecule has 2 aromatic rings. The van der Waals surface area contributed by atoms with E-state index >= 15 is 0 Å². The molecule has 1 N–H and O–H groups in total. The molecule has 1 unspecified atom stereocenters. The van der Waals surface area contributed by atoms with E-state index in [2.05, 4.69) is 10.3 Å². The highest BCUT2D eigenvalue weighted by Gasteiger charge is 2.22. The molecule has 1 saturated heterocycles. The molecule has 2 heterocycles. The van der Waals surface area contributed by atoms with E-state index in [-0.39, 0.29) is 5.91 Å². The summed E-state index contributed by atoms with van der Waals surface area (Å²) in [5.74, 6) is 0.837. The fourth-order valence-electron chi connectivity index (χ4n) is 2.84. The smallest absolute Gasteiger partial charge is 0.223 e. The summed E-state index contributed by atoms with van der Waals surface area (Å²) in [5, 5.41) is 3.26. The molecule has 1 aliphatic rings. The van der Waals surface area contributed by atoms with Crippen molar-refractivity contribution < 1.29 is 9.21 Å².